The van der Waals surface area contributed by atoms with Crippen LogP contribution in [0, 0.1) is 5.82 Å². The fraction of sp³-hybridized carbons (Fsp3) is 0.571. The van der Waals surface area contributed by atoms with Crippen LogP contribution in [-0.2, 0) is 0 Å². The van der Waals surface area contributed by atoms with E-state index in [-0.39, 0.29) is 11.9 Å². The van der Waals surface area contributed by atoms with Gasteiger partial charge in [-0.15, -0.1) is 0 Å². The maximum atomic E-state index is 14.3. The minimum atomic E-state index is -0.118. The lowest BCUT2D eigenvalue weighted by atomic mass is 10.0. The predicted molar refractivity (Wildman–Crippen MR) is 88.7 cm³/mol. The molecule has 0 aromatic heterocycles. The second kappa shape index (κ2) is 7.91. The van der Waals surface area contributed by atoms with Crippen LogP contribution in [0.2, 0.25) is 0 Å². The number of halogens is 2. The van der Waals surface area contributed by atoms with Gasteiger partial charge in [0.1, 0.15) is 5.82 Å². The maximum Gasteiger partial charge on any atom is 0.142 e. The third-order valence-corrected chi connectivity index (χ3v) is 6.62. The molecule has 1 heterocycles. The van der Waals surface area contributed by atoms with E-state index in [0.717, 1.165) is 30.0 Å². The molecule has 1 aliphatic rings. The number of hydrogen-bond acceptors (Lipinski definition) is 3. The van der Waals surface area contributed by atoms with Gasteiger partial charge in [0.15, 0.2) is 0 Å². The Hall–Kier alpha value is 0.290. The van der Waals surface area contributed by atoms with Crippen molar-refractivity contribution < 1.29 is 4.39 Å². The van der Waals surface area contributed by atoms with Crippen molar-refractivity contribution >= 4 is 39.5 Å². The zero-order chi connectivity index (χ0) is 13.7. The van der Waals surface area contributed by atoms with Gasteiger partial charge >= 0.3 is 0 Å². The van der Waals surface area contributed by atoms with Crippen LogP contribution in [0.15, 0.2) is 22.7 Å². The lowest BCUT2D eigenvalue weighted by molar-refractivity contribution is 0.496. The summed E-state index contributed by atoms with van der Waals surface area (Å²) >= 11 is 7.23. The van der Waals surface area contributed by atoms with E-state index in [2.05, 4.69) is 28.2 Å². The molecule has 2 atom stereocenters. The molecule has 0 radical (unpaired) electrons. The van der Waals surface area contributed by atoms with Gasteiger partial charge in [0.25, 0.3) is 0 Å². The molecule has 106 valence electrons. The molecular formula is C14H19BrFNS2. The van der Waals surface area contributed by atoms with Crippen molar-refractivity contribution in [3.05, 3.63) is 34.1 Å². The van der Waals surface area contributed by atoms with Crippen LogP contribution in [0.3, 0.4) is 0 Å². The number of thioether (sulfide) groups is 2. The van der Waals surface area contributed by atoms with Gasteiger partial charge in [-0.3, -0.25) is 0 Å². The maximum absolute atomic E-state index is 14.3. The van der Waals surface area contributed by atoms with Gasteiger partial charge in [-0.25, -0.2) is 4.39 Å². The Morgan fingerprint density at radius 1 is 1.47 bits per heavy atom. The first-order valence-electron chi connectivity index (χ1n) is 6.60. The molecule has 0 amide bonds. The summed E-state index contributed by atoms with van der Waals surface area (Å²) in [7, 11) is 0. The molecule has 1 nitrogen and oxygen atoms in total. The highest BCUT2D eigenvalue weighted by Gasteiger charge is 2.28. The molecule has 0 bridgehead atoms. The number of rotatable bonds is 5. The van der Waals surface area contributed by atoms with Gasteiger partial charge in [-0.2, -0.15) is 23.5 Å². The molecule has 5 heteroatoms. The van der Waals surface area contributed by atoms with Crippen LogP contribution in [-0.4, -0.2) is 29.1 Å². The molecule has 0 aliphatic carbocycles. The zero-order valence-corrected chi connectivity index (χ0v) is 14.2. The largest absolute Gasteiger partial charge is 0.309 e. The van der Waals surface area contributed by atoms with Crippen LogP contribution < -0.4 is 5.32 Å². The van der Waals surface area contributed by atoms with Crippen molar-refractivity contribution in [3.8, 4) is 0 Å². The molecule has 2 rings (SSSR count). The normalized spacial score (nSPS) is 21.3. The average Bonchev–Trinajstić information content (AvgIpc) is 2.45. The molecule has 19 heavy (non-hydrogen) atoms. The Morgan fingerprint density at radius 2 is 2.32 bits per heavy atom. The van der Waals surface area contributed by atoms with E-state index in [1.54, 1.807) is 6.07 Å². The Kier molecular flexibility index (Phi) is 6.53. The van der Waals surface area contributed by atoms with Gasteiger partial charge in [-0.05, 0) is 35.0 Å². The summed E-state index contributed by atoms with van der Waals surface area (Å²) in [5, 5.41) is 3.98. The minimum Gasteiger partial charge on any atom is -0.309 e. The van der Waals surface area contributed by atoms with Crippen molar-refractivity contribution in [2.24, 2.45) is 0 Å². The second-order valence-corrected chi connectivity index (χ2v) is 7.91. The summed E-state index contributed by atoms with van der Waals surface area (Å²) < 4.78 is 14.9. The van der Waals surface area contributed by atoms with Crippen molar-refractivity contribution in [2.45, 2.75) is 24.6 Å². The van der Waals surface area contributed by atoms with Crippen molar-refractivity contribution in [1.29, 1.82) is 0 Å². The van der Waals surface area contributed by atoms with Gasteiger partial charge in [0.05, 0.1) is 4.47 Å². The van der Waals surface area contributed by atoms with Gasteiger partial charge in [0.2, 0.25) is 0 Å². The molecule has 0 saturated carbocycles. The van der Waals surface area contributed by atoms with Crippen molar-refractivity contribution in [1.82, 2.24) is 5.32 Å². The van der Waals surface area contributed by atoms with Crippen LogP contribution in [0.4, 0.5) is 4.39 Å². The van der Waals surface area contributed by atoms with E-state index in [9.17, 15) is 4.39 Å². The molecule has 1 aromatic carbocycles. The zero-order valence-electron chi connectivity index (χ0n) is 11.0. The summed E-state index contributed by atoms with van der Waals surface area (Å²) in [6.45, 7) is 3.07. The molecule has 1 N–H and O–H groups in total. The first-order chi connectivity index (χ1) is 9.24. The van der Waals surface area contributed by atoms with Crippen LogP contribution in [0.1, 0.15) is 24.9 Å². The molecule has 1 fully saturated rings. The predicted octanol–water partition coefficient (Wildman–Crippen LogP) is 4.48. The number of hydrogen-bond donors (Lipinski definition) is 1. The van der Waals surface area contributed by atoms with Gasteiger partial charge < -0.3 is 5.32 Å². The quantitative estimate of drug-likeness (QED) is 0.828. The van der Waals surface area contributed by atoms with Crippen molar-refractivity contribution in [3.63, 3.8) is 0 Å². The smallest absolute Gasteiger partial charge is 0.142 e. The van der Waals surface area contributed by atoms with E-state index in [0.29, 0.717) is 9.72 Å². The Labute approximate surface area is 131 Å². The summed E-state index contributed by atoms with van der Waals surface area (Å²) in [4.78, 5) is 0. The lowest BCUT2D eigenvalue weighted by Crippen LogP contribution is -2.34. The lowest BCUT2D eigenvalue weighted by Gasteiger charge is -2.31. The molecule has 1 aromatic rings. The third kappa shape index (κ3) is 4.13. The van der Waals surface area contributed by atoms with E-state index in [1.807, 2.05) is 35.7 Å². The van der Waals surface area contributed by atoms with Gasteiger partial charge in [0, 0.05) is 34.1 Å². The Balaban J connectivity index is 2.22. The Bertz CT molecular complexity index is 410. The fourth-order valence-electron chi connectivity index (χ4n) is 2.20. The highest BCUT2D eigenvalue weighted by atomic mass is 79.9. The van der Waals surface area contributed by atoms with Crippen LogP contribution in [0.5, 0.6) is 0 Å². The van der Waals surface area contributed by atoms with E-state index in [1.165, 1.54) is 5.75 Å². The highest BCUT2D eigenvalue weighted by Crippen LogP contribution is 2.35. The fourth-order valence-corrected chi connectivity index (χ4v) is 5.44. The van der Waals surface area contributed by atoms with E-state index >= 15 is 0 Å². The first-order valence-corrected chi connectivity index (χ1v) is 9.60. The average molecular weight is 364 g/mol. The topological polar surface area (TPSA) is 12.0 Å². The van der Waals surface area contributed by atoms with Crippen molar-refractivity contribution in [2.75, 3.05) is 23.8 Å². The summed E-state index contributed by atoms with van der Waals surface area (Å²) in [5.74, 6) is 3.35. The van der Waals surface area contributed by atoms with E-state index < -0.39 is 0 Å². The van der Waals surface area contributed by atoms with E-state index in [4.69, 9.17) is 0 Å². The standard InChI is InChI=1S/C14H19BrFNS2/c1-2-6-17-14(12-9-18-7-8-19-12)10-4-3-5-11(15)13(10)16/h3-5,12,14,17H,2,6-9H2,1H3. The summed E-state index contributed by atoms with van der Waals surface area (Å²) in [6.07, 6.45) is 1.07. The minimum absolute atomic E-state index is 0.107. The molecule has 0 spiro atoms. The molecule has 1 saturated heterocycles. The summed E-state index contributed by atoms with van der Waals surface area (Å²) in [5.41, 5.74) is 0.794. The molecule has 2 unspecified atom stereocenters. The highest BCUT2D eigenvalue weighted by molar-refractivity contribution is 9.10. The summed E-state index contributed by atoms with van der Waals surface area (Å²) in [6, 6.07) is 5.70. The Morgan fingerprint density at radius 3 is 3.00 bits per heavy atom. The monoisotopic (exact) mass is 363 g/mol. The SMILES string of the molecule is CCCNC(c1cccc(Br)c1F)C1CSCCS1. The van der Waals surface area contributed by atoms with Crippen LogP contribution >= 0.6 is 39.5 Å². The third-order valence-electron chi connectivity index (χ3n) is 3.14. The second-order valence-electron chi connectivity index (χ2n) is 4.56. The number of nitrogens with one attached hydrogen (secondary N) is 1. The van der Waals surface area contributed by atoms with Gasteiger partial charge in [-0.1, -0.05) is 19.1 Å². The molecule has 1 aliphatic heterocycles. The first kappa shape index (κ1) is 15.7. The number of benzene rings is 1. The van der Waals surface area contributed by atoms with Crippen LogP contribution in [0.25, 0.3) is 0 Å². The molecular weight excluding hydrogens is 345 g/mol.